The Kier molecular flexibility index (Phi) is 10.9. The molecule has 1 heterocycles. The van der Waals surface area contributed by atoms with E-state index in [4.69, 9.17) is 0 Å². The lowest BCUT2D eigenvalue weighted by molar-refractivity contribution is 1.15. The molecule has 1 rings (SSSR count). The number of rotatable bonds is 6. The highest BCUT2D eigenvalue weighted by Gasteiger charge is 2.01. The molecule has 0 aliphatic carbocycles. The van der Waals surface area contributed by atoms with Crippen LogP contribution in [0.1, 0.15) is 33.3 Å². The molecule has 0 aromatic carbocycles. The monoisotopic (exact) mass is 294 g/mol. The molecule has 0 aliphatic heterocycles. The molecule has 0 bridgehead atoms. The molecule has 0 spiro atoms. The Labute approximate surface area is 135 Å². The Morgan fingerprint density at radius 3 is 1.91 bits per heavy atom. The van der Waals surface area contributed by atoms with Crippen LogP contribution in [0.4, 0.5) is 0 Å². The average Bonchev–Trinajstić information content (AvgIpc) is 2.59. The molecule has 22 heavy (non-hydrogen) atoms. The zero-order valence-electron chi connectivity index (χ0n) is 14.1. The Bertz CT molecular complexity index is 573. The van der Waals surface area contributed by atoms with Gasteiger partial charge in [0, 0.05) is 18.0 Å². The summed E-state index contributed by atoms with van der Waals surface area (Å²) in [5.41, 5.74) is 4.04. The molecule has 0 radical (unpaired) electrons. The molecule has 0 atom stereocenters. The summed E-state index contributed by atoms with van der Waals surface area (Å²) in [5.74, 6) is 0. The lowest BCUT2D eigenvalue weighted by atomic mass is 10.0. The van der Waals surface area contributed by atoms with E-state index >= 15 is 0 Å². The molecule has 0 amide bonds. The Morgan fingerprint density at radius 1 is 0.909 bits per heavy atom. The van der Waals surface area contributed by atoms with Crippen LogP contribution in [0, 0.1) is 0 Å². The van der Waals surface area contributed by atoms with Gasteiger partial charge in [0.05, 0.1) is 0 Å². The van der Waals surface area contributed by atoms with E-state index < -0.39 is 0 Å². The molecule has 0 unspecified atom stereocenters. The van der Waals surface area contributed by atoms with Crippen molar-refractivity contribution in [1.29, 1.82) is 0 Å². The highest BCUT2D eigenvalue weighted by molar-refractivity contribution is 5.76. The first-order valence-corrected chi connectivity index (χ1v) is 7.48. The predicted octanol–water partition coefficient (Wildman–Crippen LogP) is 5.71. The number of aromatic nitrogens is 2. The third-order valence-corrected chi connectivity index (χ3v) is 2.67. The minimum atomic E-state index is 0.938. The molecule has 2 nitrogen and oxygen atoms in total. The Morgan fingerprint density at radius 2 is 1.45 bits per heavy atom. The van der Waals surface area contributed by atoms with Crippen molar-refractivity contribution in [2.75, 3.05) is 0 Å². The number of nitrogens with zero attached hydrogens (tertiary/aromatic N) is 2. The van der Waals surface area contributed by atoms with Crippen molar-refractivity contribution in [1.82, 2.24) is 9.97 Å². The first-order valence-electron chi connectivity index (χ1n) is 7.48. The van der Waals surface area contributed by atoms with Crippen molar-refractivity contribution in [3.8, 4) is 0 Å². The summed E-state index contributed by atoms with van der Waals surface area (Å²) in [6.45, 7) is 15.7. The van der Waals surface area contributed by atoms with Crippen molar-refractivity contribution in [3.63, 3.8) is 0 Å². The van der Waals surface area contributed by atoms with E-state index in [1.54, 1.807) is 18.5 Å². The lowest BCUT2D eigenvalue weighted by Gasteiger charge is -2.05. The average molecular weight is 294 g/mol. The normalized spacial score (nSPS) is 12.6. The van der Waals surface area contributed by atoms with Gasteiger partial charge in [-0.05, 0) is 36.6 Å². The summed E-state index contributed by atoms with van der Waals surface area (Å²) < 4.78 is 0. The minimum absolute atomic E-state index is 0.938. The summed E-state index contributed by atoms with van der Waals surface area (Å²) in [4.78, 5) is 8.08. The zero-order chi connectivity index (χ0) is 16.8. The molecule has 116 valence electrons. The molecule has 1 aromatic rings. The van der Waals surface area contributed by atoms with Crippen LogP contribution in [0.15, 0.2) is 85.6 Å². The summed E-state index contributed by atoms with van der Waals surface area (Å²) in [7, 11) is 0. The second kappa shape index (κ2) is 12.3. The van der Waals surface area contributed by atoms with Gasteiger partial charge in [0.1, 0.15) is 6.33 Å². The van der Waals surface area contributed by atoms with E-state index in [1.165, 1.54) is 6.33 Å². The van der Waals surface area contributed by atoms with Gasteiger partial charge in [-0.15, -0.1) is 0 Å². The van der Waals surface area contributed by atoms with Gasteiger partial charge in [-0.25, -0.2) is 9.97 Å². The van der Waals surface area contributed by atoms with E-state index in [9.17, 15) is 0 Å². The molecular weight excluding hydrogens is 268 g/mol. The van der Waals surface area contributed by atoms with Crippen LogP contribution in [-0.4, -0.2) is 9.97 Å². The maximum absolute atomic E-state index is 4.04. The number of hydrogen-bond acceptors (Lipinski definition) is 2. The molecule has 0 N–H and O–H groups in total. The fourth-order valence-corrected chi connectivity index (χ4v) is 1.74. The predicted molar refractivity (Wildman–Crippen MR) is 98.4 cm³/mol. The summed E-state index contributed by atoms with van der Waals surface area (Å²) in [6.07, 6.45) is 18.8. The van der Waals surface area contributed by atoms with Crippen molar-refractivity contribution in [3.05, 3.63) is 91.1 Å². The van der Waals surface area contributed by atoms with E-state index in [-0.39, 0.29) is 0 Å². The minimum Gasteiger partial charge on any atom is -0.244 e. The van der Waals surface area contributed by atoms with Gasteiger partial charge in [0.15, 0.2) is 0 Å². The second-order valence-corrected chi connectivity index (χ2v) is 4.05. The van der Waals surface area contributed by atoms with Gasteiger partial charge in [0.2, 0.25) is 0 Å². The summed E-state index contributed by atoms with van der Waals surface area (Å²) in [5, 5.41) is 0. The van der Waals surface area contributed by atoms with Crippen LogP contribution in [-0.2, 0) is 0 Å². The van der Waals surface area contributed by atoms with Crippen molar-refractivity contribution in [2.24, 2.45) is 0 Å². The first-order chi connectivity index (χ1) is 10.8. The van der Waals surface area contributed by atoms with Crippen LogP contribution in [0.2, 0.25) is 0 Å². The molecule has 0 aliphatic rings. The molecule has 0 fully saturated rings. The van der Waals surface area contributed by atoms with Crippen LogP contribution in [0.25, 0.3) is 5.57 Å². The van der Waals surface area contributed by atoms with Gasteiger partial charge in [-0.2, -0.15) is 0 Å². The van der Waals surface area contributed by atoms with Gasteiger partial charge in [-0.3, -0.25) is 0 Å². The zero-order valence-corrected chi connectivity index (χ0v) is 14.1. The molecule has 0 saturated carbocycles. The molecule has 1 aromatic heterocycles. The largest absolute Gasteiger partial charge is 0.244 e. The maximum atomic E-state index is 4.04. The SMILES string of the molecule is C=C\C(=C/C(/C=C\C)=C(C=C)/C=C\C)c1cncnc1.CC. The van der Waals surface area contributed by atoms with Crippen LogP contribution in [0.3, 0.4) is 0 Å². The third kappa shape index (κ3) is 6.31. The highest BCUT2D eigenvalue weighted by atomic mass is 14.8. The Balaban J connectivity index is 0.00000211. The third-order valence-electron chi connectivity index (χ3n) is 2.67. The van der Waals surface area contributed by atoms with E-state index in [0.29, 0.717) is 0 Å². The van der Waals surface area contributed by atoms with Crippen molar-refractivity contribution < 1.29 is 0 Å². The maximum Gasteiger partial charge on any atom is 0.115 e. The van der Waals surface area contributed by atoms with Crippen molar-refractivity contribution in [2.45, 2.75) is 27.7 Å². The number of hydrogen-bond donors (Lipinski definition) is 0. The quantitative estimate of drug-likeness (QED) is 0.628. The smallest absolute Gasteiger partial charge is 0.115 e. The fraction of sp³-hybridized carbons (Fsp3) is 0.200. The van der Waals surface area contributed by atoms with Gasteiger partial charge in [0.25, 0.3) is 0 Å². The Hall–Kier alpha value is -2.48. The molecule has 2 heteroatoms. The summed E-state index contributed by atoms with van der Waals surface area (Å²) >= 11 is 0. The van der Waals surface area contributed by atoms with Gasteiger partial charge >= 0.3 is 0 Å². The molecule has 0 saturated heterocycles. The standard InChI is InChI=1S/C18H20N2.C2H6/c1-5-9-15(7-3)17(10-6-2)11-16(8-4)18-12-19-14-20-13-18;1-2/h5-14H,3-4H2,1-2H3;1-2H3/b9-5-,10-6-,16-11+,17-15+;. The second-order valence-electron chi connectivity index (χ2n) is 4.05. The van der Waals surface area contributed by atoms with E-state index in [1.807, 2.05) is 58.1 Å². The van der Waals surface area contributed by atoms with E-state index in [2.05, 4.69) is 29.2 Å². The summed E-state index contributed by atoms with van der Waals surface area (Å²) in [6, 6.07) is 0. The molecular formula is C20H26N2. The fourth-order valence-electron chi connectivity index (χ4n) is 1.74. The van der Waals surface area contributed by atoms with Gasteiger partial charge < -0.3 is 0 Å². The highest BCUT2D eigenvalue weighted by Crippen LogP contribution is 2.20. The van der Waals surface area contributed by atoms with Crippen LogP contribution >= 0.6 is 0 Å². The number of allylic oxidation sites excluding steroid dienone is 10. The first kappa shape index (κ1) is 19.5. The van der Waals surface area contributed by atoms with Gasteiger partial charge in [-0.1, -0.05) is 63.5 Å². The van der Waals surface area contributed by atoms with Crippen LogP contribution in [0.5, 0.6) is 0 Å². The topological polar surface area (TPSA) is 25.8 Å². The van der Waals surface area contributed by atoms with Crippen molar-refractivity contribution >= 4 is 5.57 Å². The lowest BCUT2D eigenvalue weighted by Crippen LogP contribution is -1.87. The van der Waals surface area contributed by atoms with Crippen LogP contribution < -0.4 is 0 Å². The van der Waals surface area contributed by atoms with E-state index in [0.717, 1.165) is 22.3 Å².